The fourth-order valence-corrected chi connectivity index (χ4v) is 5.11. The zero-order chi connectivity index (χ0) is 24.5. The van der Waals surface area contributed by atoms with Crippen LogP contribution in [0.4, 0.5) is 5.69 Å². The number of anilines is 1. The van der Waals surface area contributed by atoms with Crippen LogP contribution in [-0.2, 0) is 4.79 Å². The fourth-order valence-electron chi connectivity index (χ4n) is 5.11. The number of H-pyrrole nitrogens is 1. The van der Waals surface area contributed by atoms with Crippen molar-refractivity contribution in [1.82, 2.24) is 20.3 Å². The van der Waals surface area contributed by atoms with Crippen LogP contribution >= 0.6 is 0 Å². The molecule has 0 atom stereocenters. The van der Waals surface area contributed by atoms with Gasteiger partial charge in [0.15, 0.2) is 0 Å². The summed E-state index contributed by atoms with van der Waals surface area (Å²) >= 11 is 0. The second-order valence-corrected chi connectivity index (χ2v) is 10.0. The van der Waals surface area contributed by atoms with Crippen molar-refractivity contribution in [1.29, 1.82) is 0 Å². The Labute approximate surface area is 205 Å². The zero-order valence-corrected chi connectivity index (χ0v) is 20.6. The number of aromatic nitrogens is 3. The number of ether oxygens (including phenoxy) is 1. The summed E-state index contributed by atoms with van der Waals surface area (Å²) in [5.41, 5.74) is 4.60. The number of fused-ring (bicyclic) bond motifs is 1. The number of rotatable bonds is 7. The highest BCUT2D eigenvalue weighted by Crippen LogP contribution is 2.38. The molecule has 0 unspecified atom stereocenters. The molecule has 35 heavy (non-hydrogen) atoms. The first-order valence-electron chi connectivity index (χ1n) is 12.5. The molecular formula is C27H33N5O3. The Morgan fingerprint density at radius 3 is 2.63 bits per heavy atom. The Balaban J connectivity index is 1.54. The molecule has 2 amide bonds. The van der Waals surface area contributed by atoms with Gasteiger partial charge >= 0.3 is 0 Å². The van der Waals surface area contributed by atoms with Gasteiger partial charge in [-0.1, -0.05) is 6.07 Å². The van der Waals surface area contributed by atoms with Gasteiger partial charge in [-0.3, -0.25) is 9.59 Å². The molecule has 0 saturated heterocycles. The summed E-state index contributed by atoms with van der Waals surface area (Å²) in [5, 5.41) is 3.04. The van der Waals surface area contributed by atoms with Gasteiger partial charge in [-0.25, -0.2) is 9.97 Å². The highest BCUT2D eigenvalue weighted by Gasteiger charge is 2.35. The third-order valence-corrected chi connectivity index (χ3v) is 7.09. The van der Waals surface area contributed by atoms with Crippen LogP contribution in [0.25, 0.3) is 11.0 Å². The first-order chi connectivity index (χ1) is 16.9. The summed E-state index contributed by atoms with van der Waals surface area (Å²) in [5.74, 6) is 1.25. The van der Waals surface area contributed by atoms with Crippen LogP contribution in [0.5, 0.6) is 5.75 Å². The third-order valence-electron chi connectivity index (χ3n) is 7.09. The van der Waals surface area contributed by atoms with Gasteiger partial charge in [0.1, 0.15) is 17.6 Å². The smallest absolute Gasteiger partial charge is 0.262 e. The maximum atomic E-state index is 14.3. The molecule has 2 aliphatic rings. The minimum Gasteiger partial charge on any atom is -0.491 e. The number of aryl methyl sites for hydroxylation is 2. The molecule has 0 spiro atoms. The highest BCUT2D eigenvalue weighted by atomic mass is 16.5. The van der Waals surface area contributed by atoms with E-state index in [9.17, 15) is 9.59 Å². The molecule has 0 aliphatic heterocycles. The molecule has 2 N–H and O–H groups in total. The summed E-state index contributed by atoms with van der Waals surface area (Å²) in [6.45, 7) is 6.17. The van der Waals surface area contributed by atoms with E-state index < -0.39 is 0 Å². The number of nitrogens with zero attached hydrogens (tertiary/aromatic N) is 3. The largest absolute Gasteiger partial charge is 0.491 e. The van der Waals surface area contributed by atoms with Crippen molar-refractivity contribution in [2.75, 3.05) is 11.5 Å². The monoisotopic (exact) mass is 475 g/mol. The predicted octanol–water partition coefficient (Wildman–Crippen LogP) is 4.46. The summed E-state index contributed by atoms with van der Waals surface area (Å²) < 4.78 is 6.26. The summed E-state index contributed by atoms with van der Waals surface area (Å²) in [6, 6.07) is 6.21. The lowest BCUT2D eigenvalue weighted by atomic mass is 9.89. The van der Waals surface area contributed by atoms with Crippen molar-refractivity contribution in [2.45, 2.75) is 71.4 Å². The van der Waals surface area contributed by atoms with Crippen LogP contribution in [0.1, 0.15) is 67.1 Å². The molecule has 2 fully saturated rings. The molecule has 2 saturated carbocycles. The van der Waals surface area contributed by atoms with Crippen LogP contribution in [0.3, 0.4) is 0 Å². The number of carbonyl (C=O) groups is 2. The third kappa shape index (κ3) is 5.01. The molecule has 0 radical (unpaired) electrons. The van der Waals surface area contributed by atoms with Gasteiger partial charge in [-0.2, -0.15) is 0 Å². The van der Waals surface area contributed by atoms with Crippen LogP contribution < -0.4 is 15.0 Å². The molecule has 8 heteroatoms. The molecule has 1 aromatic carbocycles. The van der Waals surface area contributed by atoms with Crippen molar-refractivity contribution < 1.29 is 14.3 Å². The topological polar surface area (TPSA) is 100 Å². The van der Waals surface area contributed by atoms with Crippen molar-refractivity contribution in [3.05, 3.63) is 47.5 Å². The second-order valence-electron chi connectivity index (χ2n) is 10.0. The van der Waals surface area contributed by atoms with E-state index in [0.29, 0.717) is 23.6 Å². The van der Waals surface area contributed by atoms with Crippen molar-refractivity contribution in [2.24, 2.45) is 5.92 Å². The minimum absolute atomic E-state index is 0.00932. The van der Waals surface area contributed by atoms with Crippen LogP contribution in [0.15, 0.2) is 30.7 Å². The number of aromatic amines is 1. The van der Waals surface area contributed by atoms with Crippen LogP contribution in [-0.4, -0.2) is 45.5 Å². The molecule has 3 aromatic rings. The average Bonchev–Trinajstić information content (AvgIpc) is 3.59. The number of amides is 2. The van der Waals surface area contributed by atoms with E-state index in [0.717, 1.165) is 53.9 Å². The Bertz CT molecular complexity index is 1240. The van der Waals surface area contributed by atoms with Gasteiger partial charge in [-0.15, -0.1) is 0 Å². The maximum Gasteiger partial charge on any atom is 0.262 e. The number of hydrogen-bond acceptors (Lipinski definition) is 5. The maximum absolute atomic E-state index is 14.3. The fraction of sp³-hybridized carbons (Fsp3) is 0.481. The van der Waals surface area contributed by atoms with Crippen molar-refractivity contribution in [3.8, 4) is 5.75 Å². The van der Waals surface area contributed by atoms with Crippen LogP contribution in [0, 0.1) is 19.8 Å². The zero-order valence-electron chi connectivity index (χ0n) is 20.6. The lowest BCUT2D eigenvalue weighted by Gasteiger charge is -2.38. The standard InChI is InChI=1S/C27H33N5O3/c1-16-4-11-24(35-14-19-5-6-19)23(12-16)32(21-9-7-20(8-10-21)31-18(3)33)27(34)25-17(2)30-22-13-28-15-29-26(22)25/h4,11-13,15,19-21,30H,5-10,14H2,1-3H3,(H,31,33). The lowest BCUT2D eigenvalue weighted by Crippen LogP contribution is -2.46. The van der Waals surface area contributed by atoms with Gasteiger partial charge in [0.05, 0.1) is 29.6 Å². The van der Waals surface area contributed by atoms with E-state index in [1.165, 1.54) is 19.2 Å². The van der Waals surface area contributed by atoms with Gasteiger partial charge in [-0.05, 0) is 76.0 Å². The van der Waals surface area contributed by atoms with E-state index in [1.807, 2.05) is 30.9 Å². The Morgan fingerprint density at radius 1 is 1.14 bits per heavy atom. The van der Waals surface area contributed by atoms with E-state index in [4.69, 9.17) is 4.74 Å². The number of nitrogens with one attached hydrogen (secondary N) is 2. The molecule has 2 aliphatic carbocycles. The van der Waals surface area contributed by atoms with E-state index >= 15 is 0 Å². The molecule has 8 nitrogen and oxygen atoms in total. The van der Waals surface area contributed by atoms with Crippen molar-refractivity contribution >= 4 is 28.5 Å². The SMILES string of the molecule is CC(=O)NC1CCC(N(C(=O)c2c(C)[nH]c3cncnc23)c2cc(C)ccc2OCC2CC2)CC1. The Hall–Kier alpha value is -3.42. The highest BCUT2D eigenvalue weighted by molar-refractivity contribution is 6.14. The van der Waals surface area contributed by atoms with E-state index in [-0.39, 0.29) is 23.9 Å². The first-order valence-corrected chi connectivity index (χ1v) is 12.5. The van der Waals surface area contributed by atoms with Crippen LogP contribution in [0.2, 0.25) is 0 Å². The molecule has 184 valence electrons. The summed E-state index contributed by atoms with van der Waals surface area (Å²) in [6.07, 6.45) is 8.82. The molecular weight excluding hydrogens is 442 g/mol. The number of hydrogen-bond donors (Lipinski definition) is 2. The molecule has 2 aromatic heterocycles. The van der Waals surface area contributed by atoms with Gasteiger partial charge in [0.25, 0.3) is 5.91 Å². The van der Waals surface area contributed by atoms with Gasteiger partial charge in [0.2, 0.25) is 5.91 Å². The Morgan fingerprint density at radius 2 is 1.91 bits per heavy atom. The summed E-state index contributed by atoms with van der Waals surface area (Å²) in [4.78, 5) is 39.6. The average molecular weight is 476 g/mol. The Kier molecular flexibility index (Phi) is 6.45. The number of benzene rings is 1. The normalized spacial score (nSPS) is 20.0. The number of carbonyl (C=O) groups excluding carboxylic acids is 2. The van der Waals surface area contributed by atoms with E-state index in [1.54, 1.807) is 13.1 Å². The quantitative estimate of drug-likeness (QED) is 0.526. The van der Waals surface area contributed by atoms with Crippen molar-refractivity contribution in [3.63, 3.8) is 0 Å². The molecule has 2 heterocycles. The van der Waals surface area contributed by atoms with E-state index in [2.05, 4.69) is 26.3 Å². The molecule has 5 rings (SSSR count). The first kappa shape index (κ1) is 23.3. The minimum atomic E-state index is -0.0858. The predicted molar refractivity (Wildman–Crippen MR) is 135 cm³/mol. The molecule has 0 bridgehead atoms. The second kappa shape index (κ2) is 9.68. The lowest BCUT2D eigenvalue weighted by molar-refractivity contribution is -0.119. The van der Waals surface area contributed by atoms with Gasteiger partial charge in [0, 0.05) is 24.7 Å². The van der Waals surface area contributed by atoms with Gasteiger partial charge < -0.3 is 19.9 Å². The summed E-state index contributed by atoms with van der Waals surface area (Å²) in [7, 11) is 0.